The summed E-state index contributed by atoms with van der Waals surface area (Å²) in [5, 5.41) is 3.99. The molecule has 0 aliphatic rings. The van der Waals surface area contributed by atoms with Crippen LogP contribution in [0.15, 0.2) is 21.8 Å². The van der Waals surface area contributed by atoms with Crippen molar-refractivity contribution in [2.75, 3.05) is 0 Å². The van der Waals surface area contributed by atoms with Gasteiger partial charge in [0.1, 0.15) is 11.4 Å². The first-order valence-corrected chi connectivity index (χ1v) is 4.62. The second-order valence-electron chi connectivity index (χ2n) is 1.75. The highest BCUT2D eigenvalue weighted by Crippen LogP contribution is 2.17. The maximum atomic E-state index is 4.12. The van der Waals surface area contributed by atoms with Gasteiger partial charge in [-0.2, -0.15) is 0 Å². The topological polar surface area (TPSA) is 25.8 Å². The zero-order valence-corrected chi connectivity index (χ0v) is 6.65. The monoisotopic (exact) mass is 168 g/mol. The summed E-state index contributed by atoms with van der Waals surface area (Å²) in [7, 11) is 0. The van der Waals surface area contributed by atoms with Crippen LogP contribution in [0.25, 0.3) is 11.4 Å². The summed E-state index contributed by atoms with van der Waals surface area (Å²) in [5.41, 5.74) is 5.58. The van der Waals surface area contributed by atoms with Gasteiger partial charge in [-0.15, -0.1) is 22.7 Å². The molecule has 50 valence electrons. The van der Waals surface area contributed by atoms with E-state index in [1.54, 1.807) is 22.7 Å². The summed E-state index contributed by atoms with van der Waals surface area (Å²) < 4.78 is 0. The highest BCUT2D eigenvalue weighted by Gasteiger charge is 1.98. The fraction of sp³-hybridized carbons (Fsp3) is 0. The number of thiazole rings is 2. The quantitative estimate of drug-likeness (QED) is 0.652. The van der Waals surface area contributed by atoms with Gasteiger partial charge in [0.2, 0.25) is 0 Å². The van der Waals surface area contributed by atoms with Gasteiger partial charge in [0, 0.05) is 10.8 Å². The lowest BCUT2D eigenvalue weighted by molar-refractivity contribution is 1.33. The predicted molar refractivity (Wildman–Crippen MR) is 43.2 cm³/mol. The average Bonchev–Trinajstić information content (AvgIpc) is 2.59. The lowest BCUT2D eigenvalue weighted by Crippen LogP contribution is -1.72. The molecule has 0 saturated carbocycles. The third-order valence-electron chi connectivity index (χ3n) is 1.13. The van der Waals surface area contributed by atoms with Gasteiger partial charge in [0.25, 0.3) is 0 Å². The van der Waals surface area contributed by atoms with E-state index in [-0.39, 0.29) is 0 Å². The molecule has 0 radical (unpaired) electrons. The number of hydrogen-bond donors (Lipinski definition) is 0. The fourth-order valence-corrected chi connectivity index (χ4v) is 1.77. The van der Waals surface area contributed by atoms with Crippen LogP contribution in [-0.4, -0.2) is 9.97 Å². The normalized spacial score (nSPS) is 10.0. The minimum absolute atomic E-state index is 0.978. The molecule has 0 atom stereocenters. The van der Waals surface area contributed by atoms with Crippen molar-refractivity contribution in [2.45, 2.75) is 0 Å². The molecule has 0 saturated heterocycles. The van der Waals surface area contributed by atoms with E-state index < -0.39 is 0 Å². The van der Waals surface area contributed by atoms with E-state index in [9.17, 15) is 0 Å². The van der Waals surface area contributed by atoms with Gasteiger partial charge in [-0.05, 0) is 0 Å². The molecule has 0 amide bonds. The molecule has 10 heavy (non-hydrogen) atoms. The van der Waals surface area contributed by atoms with E-state index in [0.717, 1.165) is 11.4 Å². The summed E-state index contributed by atoms with van der Waals surface area (Å²) in [5.74, 6) is 0. The number of hydrogen-bond acceptors (Lipinski definition) is 4. The van der Waals surface area contributed by atoms with Crippen molar-refractivity contribution >= 4 is 22.7 Å². The minimum atomic E-state index is 0.978. The van der Waals surface area contributed by atoms with Crippen LogP contribution in [0.4, 0.5) is 0 Å². The first-order valence-electron chi connectivity index (χ1n) is 2.73. The summed E-state index contributed by atoms with van der Waals surface area (Å²) in [6, 6.07) is 0. The molecule has 0 unspecified atom stereocenters. The highest BCUT2D eigenvalue weighted by molar-refractivity contribution is 7.08. The van der Waals surface area contributed by atoms with Crippen LogP contribution in [0.1, 0.15) is 0 Å². The zero-order valence-electron chi connectivity index (χ0n) is 5.02. The molecule has 0 spiro atoms. The molecule has 2 aromatic rings. The fourth-order valence-electron chi connectivity index (χ4n) is 0.678. The maximum absolute atomic E-state index is 4.12. The van der Waals surface area contributed by atoms with Crippen molar-refractivity contribution in [1.29, 1.82) is 0 Å². The lowest BCUT2D eigenvalue weighted by atomic mass is 10.4. The van der Waals surface area contributed by atoms with E-state index in [1.807, 2.05) is 21.8 Å². The largest absolute Gasteiger partial charge is 0.243 e. The van der Waals surface area contributed by atoms with E-state index in [1.165, 1.54) is 0 Å². The van der Waals surface area contributed by atoms with Crippen molar-refractivity contribution in [3.63, 3.8) is 0 Å². The first kappa shape index (κ1) is 6.00. The molecule has 2 nitrogen and oxygen atoms in total. The summed E-state index contributed by atoms with van der Waals surface area (Å²) >= 11 is 3.18. The van der Waals surface area contributed by atoms with Crippen molar-refractivity contribution in [1.82, 2.24) is 9.97 Å². The molecule has 0 aromatic carbocycles. The average molecular weight is 168 g/mol. The van der Waals surface area contributed by atoms with Gasteiger partial charge in [-0.3, -0.25) is 0 Å². The van der Waals surface area contributed by atoms with Crippen LogP contribution < -0.4 is 0 Å². The molecule has 0 aliphatic carbocycles. The molecule has 2 heterocycles. The Balaban J connectivity index is 2.48. The first-order chi connectivity index (χ1) is 4.97. The van der Waals surface area contributed by atoms with Crippen LogP contribution in [0, 0.1) is 0 Å². The van der Waals surface area contributed by atoms with Crippen molar-refractivity contribution in [3.05, 3.63) is 21.8 Å². The molecular weight excluding hydrogens is 164 g/mol. The second-order valence-corrected chi connectivity index (χ2v) is 3.18. The van der Waals surface area contributed by atoms with Gasteiger partial charge in [0.05, 0.1) is 11.0 Å². The van der Waals surface area contributed by atoms with Gasteiger partial charge < -0.3 is 0 Å². The van der Waals surface area contributed by atoms with Crippen LogP contribution in [0.2, 0.25) is 0 Å². The van der Waals surface area contributed by atoms with Crippen LogP contribution in [0.5, 0.6) is 0 Å². The maximum Gasteiger partial charge on any atom is 0.100 e. The SMILES string of the molecule is c1nc(-c2cscn2)cs1. The van der Waals surface area contributed by atoms with Crippen molar-refractivity contribution < 1.29 is 0 Å². The number of rotatable bonds is 1. The molecule has 0 bridgehead atoms. The standard InChI is InChI=1S/C6H4N2S2/c1-5(7-3-9-1)6-2-10-4-8-6/h1-4H. The van der Waals surface area contributed by atoms with Crippen molar-refractivity contribution in [3.8, 4) is 11.4 Å². The predicted octanol–water partition coefficient (Wildman–Crippen LogP) is 2.27. The third kappa shape index (κ3) is 0.955. The molecule has 0 aliphatic heterocycles. The molecule has 2 rings (SSSR count). The van der Waals surface area contributed by atoms with E-state index in [0.29, 0.717) is 0 Å². The van der Waals surface area contributed by atoms with E-state index >= 15 is 0 Å². The van der Waals surface area contributed by atoms with Crippen molar-refractivity contribution in [2.24, 2.45) is 0 Å². The van der Waals surface area contributed by atoms with Gasteiger partial charge in [-0.25, -0.2) is 9.97 Å². The Labute approximate surface area is 66.2 Å². The Kier molecular flexibility index (Phi) is 1.49. The van der Waals surface area contributed by atoms with Crippen LogP contribution >= 0.6 is 22.7 Å². The summed E-state index contributed by atoms with van der Waals surface area (Å²) in [4.78, 5) is 8.24. The Morgan fingerprint density at radius 1 is 0.900 bits per heavy atom. The minimum Gasteiger partial charge on any atom is -0.243 e. The number of aromatic nitrogens is 2. The van der Waals surface area contributed by atoms with Gasteiger partial charge >= 0.3 is 0 Å². The molecule has 0 fully saturated rings. The molecule has 0 N–H and O–H groups in total. The summed E-state index contributed by atoms with van der Waals surface area (Å²) in [6.07, 6.45) is 0. The molecule has 4 heteroatoms. The summed E-state index contributed by atoms with van der Waals surface area (Å²) in [6.45, 7) is 0. The van der Waals surface area contributed by atoms with Gasteiger partial charge in [-0.1, -0.05) is 0 Å². The highest BCUT2D eigenvalue weighted by atomic mass is 32.1. The van der Waals surface area contributed by atoms with E-state index in [2.05, 4.69) is 9.97 Å². The number of nitrogens with zero attached hydrogens (tertiary/aromatic N) is 2. The van der Waals surface area contributed by atoms with E-state index in [4.69, 9.17) is 0 Å². The zero-order chi connectivity index (χ0) is 6.81. The Bertz CT molecular complexity index is 253. The Hall–Kier alpha value is -0.740. The molecule has 2 aromatic heterocycles. The van der Waals surface area contributed by atoms with Gasteiger partial charge in [0.15, 0.2) is 0 Å². The second kappa shape index (κ2) is 2.48. The Morgan fingerprint density at radius 2 is 1.40 bits per heavy atom. The van der Waals surface area contributed by atoms with Crippen LogP contribution in [-0.2, 0) is 0 Å². The lowest BCUT2D eigenvalue weighted by Gasteiger charge is -1.82. The smallest absolute Gasteiger partial charge is 0.100 e. The third-order valence-corrected chi connectivity index (χ3v) is 2.30. The van der Waals surface area contributed by atoms with Crippen LogP contribution in [0.3, 0.4) is 0 Å². The Morgan fingerprint density at radius 3 is 1.70 bits per heavy atom. The molecular formula is C6H4N2S2.